The molecule has 0 bridgehead atoms. The maximum atomic E-state index is 2.22. The molecule has 0 radical (unpaired) electrons. The molecule has 1 aliphatic carbocycles. The highest BCUT2D eigenvalue weighted by Crippen LogP contribution is 2.33. The Kier molecular flexibility index (Phi) is 2.86. The van der Waals surface area contributed by atoms with Crippen molar-refractivity contribution in [3.63, 3.8) is 0 Å². The normalized spacial score (nSPS) is 15.6. The van der Waals surface area contributed by atoms with Crippen molar-refractivity contribution in [3.05, 3.63) is 65.3 Å². The van der Waals surface area contributed by atoms with E-state index in [1.54, 1.807) is 0 Å². The van der Waals surface area contributed by atoms with Gasteiger partial charge in [-0.05, 0) is 37.0 Å². The third-order valence-corrected chi connectivity index (χ3v) is 2.79. The van der Waals surface area contributed by atoms with E-state index in [0.717, 1.165) is 6.42 Å². The molecule has 1 aromatic rings. The quantitative estimate of drug-likeness (QED) is 0.623. The van der Waals surface area contributed by atoms with Crippen LogP contribution < -0.4 is 0 Å². The van der Waals surface area contributed by atoms with Gasteiger partial charge in [0.05, 0.1) is 0 Å². The average Bonchev–Trinajstić information content (AvgIpc) is 2.56. The zero-order valence-corrected chi connectivity index (χ0v) is 9.33. The Hall–Kier alpha value is -1.56. The van der Waals surface area contributed by atoms with Gasteiger partial charge in [-0.25, -0.2) is 0 Å². The van der Waals surface area contributed by atoms with Crippen molar-refractivity contribution < 1.29 is 0 Å². The van der Waals surface area contributed by atoms with E-state index >= 15 is 0 Å². The fraction of sp³-hybridized carbons (Fsp3) is 0.200. The van der Waals surface area contributed by atoms with Crippen LogP contribution in [-0.4, -0.2) is 0 Å². The van der Waals surface area contributed by atoms with Crippen molar-refractivity contribution >= 4 is 5.57 Å². The van der Waals surface area contributed by atoms with Crippen LogP contribution in [0.2, 0.25) is 0 Å². The summed E-state index contributed by atoms with van der Waals surface area (Å²) in [5.74, 6) is 0. The maximum Gasteiger partial charge on any atom is -0.00545 e. The van der Waals surface area contributed by atoms with Gasteiger partial charge in [0.2, 0.25) is 0 Å². The third-order valence-electron chi connectivity index (χ3n) is 2.79. The predicted molar refractivity (Wildman–Crippen MR) is 66.7 cm³/mol. The van der Waals surface area contributed by atoms with Crippen LogP contribution in [0, 0.1) is 0 Å². The minimum Gasteiger partial charge on any atom is -0.0877 e. The molecule has 0 aliphatic heterocycles. The van der Waals surface area contributed by atoms with E-state index in [4.69, 9.17) is 0 Å². The lowest BCUT2D eigenvalue weighted by atomic mass is 10.1. The summed E-state index contributed by atoms with van der Waals surface area (Å²) in [7, 11) is 0. The number of hydrogen-bond acceptors (Lipinski definition) is 0. The van der Waals surface area contributed by atoms with Gasteiger partial charge in [0.15, 0.2) is 0 Å². The van der Waals surface area contributed by atoms with E-state index in [1.165, 1.54) is 22.3 Å². The predicted octanol–water partition coefficient (Wildman–Crippen LogP) is 4.15. The minimum atomic E-state index is 1.10. The zero-order valence-electron chi connectivity index (χ0n) is 9.33. The van der Waals surface area contributed by atoms with Crippen LogP contribution in [0.25, 0.3) is 5.57 Å². The van der Waals surface area contributed by atoms with Crippen molar-refractivity contribution in [2.24, 2.45) is 0 Å². The van der Waals surface area contributed by atoms with Crippen molar-refractivity contribution in [1.29, 1.82) is 0 Å². The molecule has 0 amide bonds. The smallest absolute Gasteiger partial charge is 0.00545 e. The molecule has 0 heteroatoms. The van der Waals surface area contributed by atoms with Crippen LogP contribution in [0.15, 0.2) is 54.1 Å². The number of allylic oxidation sites excluding steroid dienone is 6. The van der Waals surface area contributed by atoms with Crippen LogP contribution in [0.3, 0.4) is 0 Å². The van der Waals surface area contributed by atoms with Crippen molar-refractivity contribution in [3.8, 4) is 0 Å². The summed E-state index contributed by atoms with van der Waals surface area (Å²) in [6.45, 7) is 4.25. The van der Waals surface area contributed by atoms with Crippen LogP contribution in [0.1, 0.15) is 25.0 Å². The number of fused-ring (bicyclic) bond motifs is 1. The Morgan fingerprint density at radius 1 is 1.13 bits per heavy atom. The van der Waals surface area contributed by atoms with E-state index < -0.39 is 0 Å². The molecule has 0 fully saturated rings. The topological polar surface area (TPSA) is 0 Å². The first-order chi connectivity index (χ1) is 7.33. The fourth-order valence-electron chi connectivity index (χ4n) is 2.04. The van der Waals surface area contributed by atoms with Gasteiger partial charge in [-0.2, -0.15) is 0 Å². The summed E-state index contributed by atoms with van der Waals surface area (Å²) >= 11 is 0. The second-order valence-electron chi connectivity index (χ2n) is 3.91. The molecular formula is C15H16. The Morgan fingerprint density at radius 2 is 1.93 bits per heavy atom. The average molecular weight is 196 g/mol. The molecule has 0 aromatic heterocycles. The van der Waals surface area contributed by atoms with Crippen LogP contribution in [-0.2, 0) is 6.42 Å². The van der Waals surface area contributed by atoms with Gasteiger partial charge in [-0.3, -0.25) is 0 Å². The Labute approximate surface area is 91.6 Å². The second-order valence-corrected chi connectivity index (χ2v) is 3.91. The summed E-state index contributed by atoms with van der Waals surface area (Å²) in [6, 6.07) is 8.65. The number of rotatable bonds is 2. The zero-order chi connectivity index (χ0) is 10.7. The van der Waals surface area contributed by atoms with Crippen molar-refractivity contribution in [2.45, 2.75) is 20.3 Å². The second kappa shape index (κ2) is 4.31. The Bertz CT molecular complexity index is 445. The van der Waals surface area contributed by atoms with Gasteiger partial charge in [-0.15, -0.1) is 0 Å². The van der Waals surface area contributed by atoms with Gasteiger partial charge in [-0.1, -0.05) is 54.1 Å². The molecule has 1 aromatic carbocycles. The summed E-state index contributed by atoms with van der Waals surface area (Å²) in [5, 5.41) is 0. The lowest BCUT2D eigenvalue weighted by Gasteiger charge is -1.99. The third kappa shape index (κ3) is 1.94. The molecule has 2 rings (SSSR count). The number of benzene rings is 1. The highest BCUT2D eigenvalue weighted by Gasteiger charge is 2.15. The van der Waals surface area contributed by atoms with Crippen LogP contribution in [0.4, 0.5) is 0 Å². The molecule has 0 saturated carbocycles. The Morgan fingerprint density at radius 3 is 2.73 bits per heavy atom. The first-order valence-corrected chi connectivity index (χ1v) is 5.40. The standard InChI is InChI=1S/C15H16/c1-3-4-5-9-14-12(2)11-13-8-6-7-10-15(13)14/h3-10H,11H2,1-2H3/b4-3+,9-5-. The summed E-state index contributed by atoms with van der Waals surface area (Å²) in [6.07, 6.45) is 9.54. The molecule has 0 N–H and O–H groups in total. The fourth-order valence-corrected chi connectivity index (χ4v) is 2.04. The molecule has 0 nitrogen and oxygen atoms in total. The van der Waals surface area contributed by atoms with Crippen molar-refractivity contribution in [2.75, 3.05) is 0 Å². The molecule has 0 spiro atoms. The molecule has 0 atom stereocenters. The molecule has 76 valence electrons. The molecule has 0 saturated heterocycles. The molecule has 1 aliphatic rings. The van der Waals surface area contributed by atoms with Crippen LogP contribution in [0.5, 0.6) is 0 Å². The summed E-state index contributed by atoms with van der Waals surface area (Å²) in [5.41, 5.74) is 5.71. The summed E-state index contributed by atoms with van der Waals surface area (Å²) < 4.78 is 0. The van der Waals surface area contributed by atoms with Crippen molar-refractivity contribution in [1.82, 2.24) is 0 Å². The molecule has 0 unspecified atom stereocenters. The van der Waals surface area contributed by atoms with Gasteiger partial charge in [0.1, 0.15) is 0 Å². The highest BCUT2D eigenvalue weighted by atomic mass is 14.2. The van der Waals surface area contributed by atoms with E-state index in [1.807, 2.05) is 13.0 Å². The summed E-state index contributed by atoms with van der Waals surface area (Å²) in [4.78, 5) is 0. The van der Waals surface area contributed by atoms with E-state index in [-0.39, 0.29) is 0 Å². The van der Waals surface area contributed by atoms with E-state index in [0.29, 0.717) is 0 Å². The monoisotopic (exact) mass is 196 g/mol. The van der Waals surface area contributed by atoms with Gasteiger partial charge in [0, 0.05) is 0 Å². The van der Waals surface area contributed by atoms with Gasteiger partial charge in [0.25, 0.3) is 0 Å². The van der Waals surface area contributed by atoms with Gasteiger partial charge < -0.3 is 0 Å². The Balaban J connectivity index is 2.36. The molecular weight excluding hydrogens is 180 g/mol. The largest absolute Gasteiger partial charge is 0.0877 e. The van der Waals surface area contributed by atoms with Crippen LogP contribution >= 0.6 is 0 Å². The molecule has 15 heavy (non-hydrogen) atoms. The minimum absolute atomic E-state index is 1.10. The lowest BCUT2D eigenvalue weighted by Crippen LogP contribution is -1.80. The maximum absolute atomic E-state index is 2.22. The number of hydrogen-bond donors (Lipinski definition) is 0. The van der Waals surface area contributed by atoms with E-state index in [2.05, 4.69) is 49.4 Å². The van der Waals surface area contributed by atoms with Gasteiger partial charge >= 0.3 is 0 Å². The van der Waals surface area contributed by atoms with E-state index in [9.17, 15) is 0 Å². The first kappa shape index (κ1) is 9.97. The SMILES string of the molecule is C/C=C/C=C\C1=C(C)Cc2ccccc21. The lowest BCUT2D eigenvalue weighted by molar-refractivity contribution is 1.19. The first-order valence-electron chi connectivity index (χ1n) is 5.40. The highest BCUT2D eigenvalue weighted by molar-refractivity contribution is 5.82. The molecule has 0 heterocycles.